The van der Waals surface area contributed by atoms with Gasteiger partial charge >= 0.3 is 7.12 Å². The van der Waals surface area contributed by atoms with Crippen molar-refractivity contribution in [2.24, 2.45) is 5.92 Å². The number of hydrogen-bond donors (Lipinski definition) is 2. The molecule has 0 aromatic heterocycles. The predicted molar refractivity (Wildman–Crippen MR) is 68.7 cm³/mol. The summed E-state index contributed by atoms with van der Waals surface area (Å²) < 4.78 is 0. The van der Waals surface area contributed by atoms with E-state index in [1.165, 1.54) is 24.8 Å². The molecule has 2 nitrogen and oxygen atoms in total. The first-order valence-electron chi connectivity index (χ1n) is 6.12. The molecule has 0 spiro atoms. The van der Waals surface area contributed by atoms with Crippen LogP contribution < -0.4 is 5.46 Å². The molecule has 88 valence electrons. The normalized spacial score (nSPS) is 12.5. The fraction of sp³-hybridized carbons (Fsp3) is 0.538. The Morgan fingerprint density at radius 1 is 1.12 bits per heavy atom. The molecule has 0 aliphatic carbocycles. The van der Waals surface area contributed by atoms with Crippen LogP contribution in [0.2, 0.25) is 0 Å². The maximum Gasteiger partial charge on any atom is 0.488 e. The fourth-order valence-corrected chi connectivity index (χ4v) is 2.02. The molecule has 0 amide bonds. The highest BCUT2D eigenvalue weighted by atomic mass is 16.4. The zero-order valence-corrected chi connectivity index (χ0v) is 10.2. The molecule has 1 aromatic rings. The summed E-state index contributed by atoms with van der Waals surface area (Å²) >= 11 is 0. The summed E-state index contributed by atoms with van der Waals surface area (Å²) in [5.74, 6) is 0.745. The highest BCUT2D eigenvalue weighted by Crippen LogP contribution is 2.16. The zero-order chi connectivity index (χ0) is 12.0. The molecule has 16 heavy (non-hydrogen) atoms. The van der Waals surface area contributed by atoms with Crippen molar-refractivity contribution in [3.05, 3.63) is 29.8 Å². The standard InChI is InChI=1S/C13H21BO2/c1-3-5-11(4-2)10-12-6-8-13(9-7-12)14(15)16/h6-9,11,15-16H,3-5,10H2,1-2H3. The highest BCUT2D eigenvalue weighted by Gasteiger charge is 2.11. The Bertz CT molecular complexity index is 295. The molecule has 0 radical (unpaired) electrons. The Kier molecular flexibility index (Phi) is 5.57. The molecule has 1 aromatic carbocycles. The molecule has 1 rings (SSSR count). The van der Waals surface area contributed by atoms with Crippen molar-refractivity contribution >= 4 is 12.6 Å². The van der Waals surface area contributed by atoms with Crippen LogP contribution in [0.5, 0.6) is 0 Å². The van der Waals surface area contributed by atoms with Crippen molar-refractivity contribution in [1.29, 1.82) is 0 Å². The van der Waals surface area contributed by atoms with Crippen molar-refractivity contribution in [1.82, 2.24) is 0 Å². The van der Waals surface area contributed by atoms with Gasteiger partial charge in [0.15, 0.2) is 0 Å². The summed E-state index contributed by atoms with van der Waals surface area (Å²) in [6.45, 7) is 4.44. The first-order valence-corrected chi connectivity index (χ1v) is 6.12. The number of hydrogen-bond acceptors (Lipinski definition) is 2. The predicted octanol–water partition coefficient (Wildman–Crippen LogP) is 1.74. The quantitative estimate of drug-likeness (QED) is 0.717. The zero-order valence-electron chi connectivity index (χ0n) is 10.2. The van der Waals surface area contributed by atoms with Gasteiger partial charge in [-0.2, -0.15) is 0 Å². The molecule has 0 saturated carbocycles. The van der Waals surface area contributed by atoms with Gasteiger partial charge in [-0.15, -0.1) is 0 Å². The van der Waals surface area contributed by atoms with Crippen LogP contribution in [0.1, 0.15) is 38.7 Å². The van der Waals surface area contributed by atoms with Gasteiger partial charge in [-0.05, 0) is 23.4 Å². The summed E-state index contributed by atoms with van der Waals surface area (Å²) in [6, 6.07) is 7.57. The van der Waals surface area contributed by atoms with Crippen molar-refractivity contribution in [2.75, 3.05) is 0 Å². The summed E-state index contributed by atoms with van der Waals surface area (Å²) in [5.41, 5.74) is 1.84. The molecular weight excluding hydrogens is 199 g/mol. The van der Waals surface area contributed by atoms with Crippen LogP contribution in [0.4, 0.5) is 0 Å². The lowest BCUT2D eigenvalue weighted by atomic mass is 9.79. The van der Waals surface area contributed by atoms with Gasteiger partial charge in [0, 0.05) is 0 Å². The van der Waals surface area contributed by atoms with Gasteiger partial charge in [0.25, 0.3) is 0 Å². The van der Waals surface area contributed by atoms with Crippen molar-refractivity contribution in [3.8, 4) is 0 Å². The van der Waals surface area contributed by atoms with E-state index < -0.39 is 7.12 Å². The molecule has 0 fully saturated rings. The van der Waals surface area contributed by atoms with Crippen molar-refractivity contribution in [3.63, 3.8) is 0 Å². The summed E-state index contributed by atoms with van der Waals surface area (Å²) in [7, 11) is -1.35. The van der Waals surface area contributed by atoms with Gasteiger partial charge < -0.3 is 10.0 Å². The van der Waals surface area contributed by atoms with E-state index in [4.69, 9.17) is 10.0 Å². The van der Waals surface area contributed by atoms with E-state index in [-0.39, 0.29) is 0 Å². The van der Waals surface area contributed by atoms with Gasteiger partial charge in [0.1, 0.15) is 0 Å². The van der Waals surface area contributed by atoms with Crippen LogP contribution in [-0.4, -0.2) is 17.2 Å². The SMILES string of the molecule is CCCC(CC)Cc1ccc(B(O)O)cc1. The number of rotatable bonds is 6. The monoisotopic (exact) mass is 220 g/mol. The van der Waals surface area contributed by atoms with Crippen LogP contribution in [0, 0.1) is 5.92 Å². The summed E-state index contributed by atoms with van der Waals surface area (Å²) in [4.78, 5) is 0. The first kappa shape index (κ1) is 13.3. The van der Waals surface area contributed by atoms with Crippen molar-refractivity contribution in [2.45, 2.75) is 39.5 Å². The summed E-state index contributed by atoms with van der Waals surface area (Å²) in [6.07, 6.45) is 4.79. The smallest absolute Gasteiger partial charge is 0.423 e. The molecule has 0 bridgehead atoms. The largest absolute Gasteiger partial charge is 0.488 e. The maximum absolute atomic E-state index is 8.98. The third kappa shape index (κ3) is 3.99. The first-order chi connectivity index (χ1) is 7.67. The van der Waals surface area contributed by atoms with Crippen LogP contribution in [0.3, 0.4) is 0 Å². The van der Waals surface area contributed by atoms with E-state index in [9.17, 15) is 0 Å². The minimum Gasteiger partial charge on any atom is -0.423 e. The third-order valence-corrected chi connectivity index (χ3v) is 3.08. The van der Waals surface area contributed by atoms with E-state index in [1.807, 2.05) is 12.1 Å². The molecule has 0 saturated heterocycles. The molecule has 3 heteroatoms. The highest BCUT2D eigenvalue weighted by molar-refractivity contribution is 6.58. The van der Waals surface area contributed by atoms with Crippen LogP contribution in [0.15, 0.2) is 24.3 Å². The molecular formula is C13H21BO2. The minimum atomic E-state index is -1.35. The maximum atomic E-state index is 8.98. The lowest BCUT2D eigenvalue weighted by molar-refractivity contribution is 0.425. The Hall–Kier alpha value is -0.795. The lowest BCUT2D eigenvalue weighted by Gasteiger charge is -2.13. The van der Waals surface area contributed by atoms with Gasteiger partial charge in [0.05, 0.1) is 0 Å². The van der Waals surface area contributed by atoms with Crippen LogP contribution in [0.25, 0.3) is 0 Å². The second-order valence-corrected chi connectivity index (χ2v) is 4.38. The van der Waals surface area contributed by atoms with Gasteiger partial charge in [-0.3, -0.25) is 0 Å². The Labute approximate surface area is 98.5 Å². The van der Waals surface area contributed by atoms with Crippen LogP contribution in [-0.2, 0) is 6.42 Å². The topological polar surface area (TPSA) is 40.5 Å². The molecule has 1 unspecified atom stereocenters. The van der Waals surface area contributed by atoms with Gasteiger partial charge in [-0.1, -0.05) is 57.4 Å². The Morgan fingerprint density at radius 3 is 2.19 bits per heavy atom. The second-order valence-electron chi connectivity index (χ2n) is 4.38. The lowest BCUT2D eigenvalue weighted by Crippen LogP contribution is -2.29. The average molecular weight is 220 g/mol. The second kappa shape index (κ2) is 6.72. The molecule has 0 aliphatic rings. The fourth-order valence-electron chi connectivity index (χ4n) is 2.02. The van der Waals surface area contributed by atoms with Crippen molar-refractivity contribution < 1.29 is 10.0 Å². The van der Waals surface area contributed by atoms with Gasteiger partial charge in [-0.25, -0.2) is 0 Å². The number of benzene rings is 1. The molecule has 0 heterocycles. The molecule has 2 N–H and O–H groups in total. The molecule has 0 aliphatic heterocycles. The van der Waals surface area contributed by atoms with E-state index in [0.717, 1.165) is 12.3 Å². The van der Waals surface area contributed by atoms with E-state index in [0.29, 0.717) is 5.46 Å². The Balaban J connectivity index is 2.60. The minimum absolute atomic E-state index is 0.562. The van der Waals surface area contributed by atoms with E-state index in [1.54, 1.807) is 12.1 Å². The van der Waals surface area contributed by atoms with Crippen LogP contribution >= 0.6 is 0 Å². The molecule has 1 atom stereocenters. The average Bonchev–Trinajstić information content (AvgIpc) is 2.29. The summed E-state index contributed by atoms with van der Waals surface area (Å²) in [5, 5.41) is 18.0. The van der Waals surface area contributed by atoms with E-state index >= 15 is 0 Å². The van der Waals surface area contributed by atoms with Gasteiger partial charge in [0.2, 0.25) is 0 Å². The third-order valence-electron chi connectivity index (χ3n) is 3.08. The van der Waals surface area contributed by atoms with E-state index in [2.05, 4.69) is 13.8 Å². The Morgan fingerprint density at radius 2 is 1.75 bits per heavy atom.